The standard InChI is InChI=1S/C7H13N4O/c1-2-3-4-5-9-7(12)6-10-11-8/h1-6H2,(H,9,12). The van der Waals surface area contributed by atoms with Crippen molar-refractivity contribution in [3.05, 3.63) is 17.4 Å². The molecule has 67 valence electrons. The summed E-state index contributed by atoms with van der Waals surface area (Å²) in [4.78, 5) is 13.2. The molecule has 0 saturated heterocycles. The van der Waals surface area contributed by atoms with E-state index in [9.17, 15) is 4.79 Å². The van der Waals surface area contributed by atoms with Gasteiger partial charge >= 0.3 is 0 Å². The molecule has 0 aliphatic heterocycles. The van der Waals surface area contributed by atoms with Gasteiger partial charge in [0.05, 0.1) is 0 Å². The highest BCUT2D eigenvalue weighted by Gasteiger charge is 1.95. The van der Waals surface area contributed by atoms with E-state index >= 15 is 0 Å². The Kier molecular flexibility index (Phi) is 7.08. The number of amides is 1. The molecule has 0 aliphatic carbocycles. The zero-order valence-corrected chi connectivity index (χ0v) is 6.99. The van der Waals surface area contributed by atoms with Gasteiger partial charge in [-0.25, -0.2) is 0 Å². The third kappa shape index (κ3) is 6.89. The van der Waals surface area contributed by atoms with Gasteiger partial charge in [0.2, 0.25) is 5.91 Å². The van der Waals surface area contributed by atoms with Gasteiger partial charge in [-0.05, 0) is 12.0 Å². The fourth-order valence-corrected chi connectivity index (χ4v) is 0.681. The van der Waals surface area contributed by atoms with Crippen LogP contribution in [0.3, 0.4) is 0 Å². The molecule has 0 aromatic carbocycles. The lowest BCUT2D eigenvalue weighted by atomic mass is 10.2. The third-order valence-corrected chi connectivity index (χ3v) is 1.28. The number of azide groups is 1. The topological polar surface area (TPSA) is 77.9 Å². The number of hydrogen-bond donors (Lipinski definition) is 1. The van der Waals surface area contributed by atoms with Crippen LogP contribution in [0.1, 0.15) is 19.3 Å². The minimum absolute atomic E-state index is 0.110. The minimum atomic E-state index is -0.225. The molecular weight excluding hydrogens is 156 g/mol. The van der Waals surface area contributed by atoms with Crippen molar-refractivity contribution in [1.82, 2.24) is 5.32 Å². The van der Waals surface area contributed by atoms with Crippen LogP contribution >= 0.6 is 0 Å². The second-order valence-corrected chi connectivity index (χ2v) is 2.30. The Morgan fingerprint density at radius 1 is 1.58 bits per heavy atom. The van der Waals surface area contributed by atoms with Gasteiger partial charge in [-0.1, -0.05) is 24.9 Å². The molecule has 0 unspecified atom stereocenters. The molecule has 0 bridgehead atoms. The van der Waals surface area contributed by atoms with Gasteiger partial charge in [-0.3, -0.25) is 4.79 Å². The second-order valence-electron chi connectivity index (χ2n) is 2.30. The van der Waals surface area contributed by atoms with Gasteiger partial charge in [-0.15, -0.1) is 0 Å². The number of hydrogen-bond acceptors (Lipinski definition) is 2. The molecule has 1 N–H and O–H groups in total. The van der Waals surface area contributed by atoms with Gasteiger partial charge in [0.15, 0.2) is 0 Å². The van der Waals surface area contributed by atoms with Crippen LogP contribution in [-0.2, 0) is 4.79 Å². The number of carbonyl (C=O) groups is 1. The highest BCUT2D eigenvalue weighted by molar-refractivity contribution is 5.77. The molecule has 0 spiro atoms. The molecule has 0 saturated carbocycles. The Hall–Kier alpha value is -1.22. The zero-order chi connectivity index (χ0) is 9.23. The van der Waals surface area contributed by atoms with Crippen molar-refractivity contribution in [2.24, 2.45) is 5.11 Å². The summed E-state index contributed by atoms with van der Waals surface area (Å²) in [5, 5.41) is 5.75. The van der Waals surface area contributed by atoms with Crippen molar-refractivity contribution in [3.8, 4) is 0 Å². The summed E-state index contributed by atoms with van der Waals surface area (Å²) in [7, 11) is 0. The zero-order valence-electron chi connectivity index (χ0n) is 6.99. The van der Waals surface area contributed by atoms with Crippen LogP contribution in [0.4, 0.5) is 0 Å². The molecule has 0 rings (SSSR count). The second kappa shape index (κ2) is 7.88. The molecule has 0 atom stereocenters. The van der Waals surface area contributed by atoms with Crippen LogP contribution in [0.25, 0.3) is 10.4 Å². The summed E-state index contributed by atoms with van der Waals surface area (Å²) in [6, 6.07) is 0. The summed E-state index contributed by atoms with van der Waals surface area (Å²) < 4.78 is 0. The van der Waals surface area contributed by atoms with Crippen LogP contribution in [-0.4, -0.2) is 19.0 Å². The summed E-state index contributed by atoms with van der Waals surface area (Å²) in [6.07, 6.45) is 2.81. The number of nitrogens with one attached hydrogen (secondary N) is 1. The lowest BCUT2D eigenvalue weighted by Crippen LogP contribution is -2.26. The highest BCUT2D eigenvalue weighted by Crippen LogP contribution is 1.90. The highest BCUT2D eigenvalue weighted by atomic mass is 16.1. The Morgan fingerprint density at radius 3 is 2.92 bits per heavy atom. The van der Waals surface area contributed by atoms with Crippen molar-refractivity contribution in [3.63, 3.8) is 0 Å². The van der Waals surface area contributed by atoms with Gasteiger partial charge in [0.25, 0.3) is 0 Å². The predicted molar refractivity (Wildman–Crippen MR) is 46.2 cm³/mol. The average Bonchev–Trinajstić information content (AvgIpc) is 2.09. The fraction of sp³-hybridized carbons (Fsp3) is 0.714. The van der Waals surface area contributed by atoms with E-state index in [1.165, 1.54) is 0 Å². The largest absolute Gasteiger partial charge is 0.356 e. The monoisotopic (exact) mass is 169 g/mol. The molecule has 5 nitrogen and oxygen atoms in total. The third-order valence-electron chi connectivity index (χ3n) is 1.28. The van der Waals surface area contributed by atoms with Gasteiger partial charge in [0.1, 0.15) is 6.54 Å². The Balaban J connectivity index is 3.25. The maximum absolute atomic E-state index is 10.8. The average molecular weight is 169 g/mol. The number of nitrogens with zero attached hydrogens (tertiary/aromatic N) is 3. The maximum atomic E-state index is 10.8. The normalized spacial score (nSPS) is 8.75. The quantitative estimate of drug-likeness (QED) is 0.277. The molecule has 12 heavy (non-hydrogen) atoms. The van der Waals surface area contributed by atoms with E-state index in [-0.39, 0.29) is 12.5 Å². The van der Waals surface area contributed by atoms with Crippen molar-refractivity contribution >= 4 is 5.91 Å². The van der Waals surface area contributed by atoms with Crippen LogP contribution in [0.5, 0.6) is 0 Å². The first-order valence-corrected chi connectivity index (χ1v) is 3.88. The summed E-state index contributed by atoms with van der Waals surface area (Å²) in [5.41, 5.74) is 7.89. The van der Waals surface area contributed by atoms with E-state index in [1.807, 2.05) is 0 Å². The molecule has 1 radical (unpaired) electrons. The molecule has 5 heteroatoms. The van der Waals surface area contributed by atoms with E-state index in [0.717, 1.165) is 19.3 Å². The first-order valence-electron chi connectivity index (χ1n) is 3.88. The molecule has 0 aromatic rings. The number of carbonyl (C=O) groups excluding carboxylic acids is 1. The number of rotatable bonds is 6. The summed E-state index contributed by atoms with van der Waals surface area (Å²) in [5.74, 6) is -0.225. The smallest absolute Gasteiger partial charge is 0.225 e. The van der Waals surface area contributed by atoms with E-state index < -0.39 is 0 Å². The van der Waals surface area contributed by atoms with Crippen LogP contribution in [0.15, 0.2) is 5.11 Å². The van der Waals surface area contributed by atoms with Crippen LogP contribution in [0, 0.1) is 6.92 Å². The SMILES string of the molecule is [CH2]CCCCNC(=O)CN=[N+]=[N-]. The van der Waals surface area contributed by atoms with E-state index in [1.54, 1.807) is 0 Å². The van der Waals surface area contributed by atoms with Crippen molar-refractivity contribution in [1.29, 1.82) is 0 Å². The molecule has 0 heterocycles. The van der Waals surface area contributed by atoms with E-state index in [4.69, 9.17) is 5.53 Å². The number of unbranched alkanes of at least 4 members (excludes halogenated alkanes) is 2. The van der Waals surface area contributed by atoms with Crippen LogP contribution < -0.4 is 5.32 Å². The molecule has 0 aliphatic rings. The fourth-order valence-electron chi connectivity index (χ4n) is 0.681. The van der Waals surface area contributed by atoms with E-state index in [2.05, 4.69) is 22.3 Å². The maximum Gasteiger partial charge on any atom is 0.225 e. The Labute approximate surface area is 71.8 Å². The lowest BCUT2D eigenvalue weighted by Gasteiger charge is -2.00. The predicted octanol–water partition coefficient (Wildman–Crippen LogP) is 1.42. The minimum Gasteiger partial charge on any atom is -0.356 e. The summed E-state index contributed by atoms with van der Waals surface area (Å²) in [6.45, 7) is 4.20. The lowest BCUT2D eigenvalue weighted by molar-refractivity contribution is -0.119. The molecule has 1 amide bonds. The van der Waals surface area contributed by atoms with Gasteiger partial charge in [0, 0.05) is 11.5 Å². The van der Waals surface area contributed by atoms with E-state index in [0.29, 0.717) is 6.54 Å². The summed E-state index contributed by atoms with van der Waals surface area (Å²) >= 11 is 0. The first-order chi connectivity index (χ1) is 5.81. The Bertz CT molecular complexity index is 174. The Morgan fingerprint density at radius 2 is 2.33 bits per heavy atom. The van der Waals surface area contributed by atoms with Crippen molar-refractivity contribution < 1.29 is 4.79 Å². The first kappa shape index (κ1) is 10.8. The van der Waals surface area contributed by atoms with Gasteiger partial charge in [-0.2, -0.15) is 0 Å². The van der Waals surface area contributed by atoms with Crippen LogP contribution in [0.2, 0.25) is 0 Å². The van der Waals surface area contributed by atoms with Gasteiger partial charge < -0.3 is 5.32 Å². The molecular formula is C7H13N4O. The molecule has 0 fully saturated rings. The molecule has 0 aromatic heterocycles. The van der Waals surface area contributed by atoms with Crippen molar-refractivity contribution in [2.75, 3.05) is 13.1 Å². The van der Waals surface area contributed by atoms with Crippen molar-refractivity contribution in [2.45, 2.75) is 19.3 Å².